The highest BCUT2D eigenvalue weighted by Crippen LogP contribution is 2.22. The zero-order valence-electron chi connectivity index (χ0n) is 16.7. The molecule has 0 aliphatic heterocycles. The molecule has 0 aliphatic carbocycles. The molecule has 0 saturated carbocycles. The van der Waals surface area contributed by atoms with Crippen molar-refractivity contribution in [2.45, 2.75) is 13.8 Å². The fraction of sp³-hybridized carbons (Fsp3) is 0.0909. The van der Waals surface area contributed by atoms with Crippen molar-refractivity contribution in [2.75, 3.05) is 0 Å². The second-order valence-corrected chi connectivity index (χ2v) is 6.78. The van der Waals surface area contributed by atoms with E-state index in [0.29, 0.717) is 5.69 Å². The molecule has 0 spiro atoms. The maximum atomic E-state index is 12.6. The molecular formula is C22H19N3O6. The van der Waals surface area contributed by atoms with Gasteiger partial charge in [0.05, 0.1) is 16.8 Å². The Bertz CT molecular complexity index is 1190. The Morgan fingerprint density at radius 2 is 1.26 bits per heavy atom. The first-order valence-corrected chi connectivity index (χ1v) is 9.15. The average molecular weight is 421 g/mol. The van der Waals surface area contributed by atoms with Crippen molar-refractivity contribution >= 4 is 23.8 Å². The van der Waals surface area contributed by atoms with Crippen LogP contribution in [0.25, 0.3) is 5.69 Å². The van der Waals surface area contributed by atoms with Crippen LogP contribution in [0.3, 0.4) is 0 Å². The Hall–Kier alpha value is -4.40. The number of aryl methyl sites for hydroxylation is 2. The van der Waals surface area contributed by atoms with Crippen LogP contribution in [0.2, 0.25) is 0 Å². The summed E-state index contributed by atoms with van der Waals surface area (Å²) in [6.45, 7) is 3.63. The fourth-order valence-electron chi connectivity index (χ4n) is 3.14. The smallest absolute Gasteiger partial charge is 0.337 e. The lowest BCUT2D eigenvalue weighted by molar-refractivity contribution is 0.0686. The number of carboxylic acids is 2. The predicted octanol–water partition coefficient (Wildman–Crippen LogP) is 2.57. The van der Waals surface area contributed by atoms with Crippen LogP contribution in [0.4, 0.5) is 0 Å². The number of benzene rings is 2. The molecule has 1 heterocycles. The van der Waals surface area contributed by atoms with E-state index in [0.717, 1.165) is 11.4 Å². The summed E-state index contributed by atoms with van der Waals surface area (Å²) in [5.74, 6) is -3.68. The number of hydrogen-bond donors (Lipinski definition) is 4. The molecule has 0 atom stereocenters. The maximum Gasteiger partial charge on any atom is 0.337 e. The summed E-state index contributed by atoms with van der Waals surface area (Å²) in [7, 11) is 0. The van der Waals surface area contributed by atoms with E-state index in [2.05, 4.69) is 10.9 Å². The number of nitrogens with zero attached hydrogens (tertiary/aromatic N) is 1. The van der Waals surface area contributed by atoms with E-state index in [1.165, 1.54) is 42.5 Å². The molecule has 2 amide bonds. The van der Waals surface area contributed by atoms with Gasteiger partial charge >= 0.3 is 11.9 Å². The van der Waals surface area contributed by atoms with E-state index < -0.39 is 23.8 Å². The van der Waals surface area contributed by atoms with Gasteiger partial charge in [0.1, 0.15) is 0 Å². The van der Waals surface area contributed by atoms with Gasteiger partial charge in [-0.05, 0) is 62.4 Å². The number of hydrazine groups is 1. The number of amides is 2. The van der Waals surface area contributed by atoms with E-state index in [1.807, 2.05) is 26.0 Å². The molecule has 3 aromatic rings. The molecule has 2 aromatic carbocycles. The minimum atomic E-state index is -1.18. The zero-order chi connectivity index (χ0) is 22.7. The Labute approximate surface area is 176 Å². The second kappa shape index (κ2) is 8.54. The number of nitrogens with one attached hydrogen (secondary N) is 2. The lowest BCUT2D eigenvalue weighted by Crippen LogP contribution is -2.41. The van der Waals surface area contributed by atoms with Crippen LogP contribution in [-0.2, 0) is 0 Å². The van der Waals surface area contributed by atoms with Gasteiger partial charge in [0, 0.05) is 22.5 Å². The van der Waals surface area contributed by atoms with E-state index in [9.17, 15) is 24.3 Å². The van der Waals surface area contributed by atoms with Gasteiger partial charge < -0.3 is 14.8 Å². The SMILES string of the molecule is Cc1ccc(C)n1-c1cc(C(=O)NNC(=O)c2cccc(C(=O)O)c2)ccc1C(=O)O. The molecule has 9 nitrogen and oxygen atoms in total. The van der Waals surface area contributed by atoms with Crippen molar-refractivity contribution in [2.24, 2.45) is 0 Å². The minimum Gasteiger partial charge on any atom is -0.478 e. The van der Waals surface area contributed by atoms with Crippen LogP contribution in [0, 0.1) is 13.8 Å². The highest BCUT2D eigenvalue weighted by molar-refractivity contribution is 6.01. The summed E-state index contributed by atoms with van der Waals surface area (Å²) in [4.78, 5) is 47.5. The van der Waals surface area contributed by atoms with Crippen LogP contribution in [0.15, 0.2) is 54.6 Å². The number of hydrogen-bond acceptors (Lipinski definition) is 4. The minimum absolute atomic E-state index is 0.0217. The Morgan fingerprint density at radius 1 is 0.710 bits per heavy atom. The van der Waals surface area contributed by atoms with Crippen molar-refractivity contribution in [1.29, 1.82) is 0 Å². The first-order valence-electron chi connectivity index (χ1n) is 9.15. The summed E-state index contributed by atoms with van der Waals surface area (Å²) in [5.41, 5.74) is 6.53. The third kappa shape index (κ3) is 4.45. The molecular weight excluding hydrogens is 402 g/mol. The van der Waals surface area contributed by atoms with E-state index in [1.54, 1.807) is 4.57 Å². The van der Waals surface area contributed by atoms with Gasteiger partial charge in [-0.15, -0.1) is 0 Å². The average Bonchev–Trinajstić information content (AvgIpc) is 3.09. The summed E-state index contributed by atoms with van der Waals surface area (Å²) < 4.78 is 1.72. The van der Waals surface area contributed by atoms with E-state index in [4.69, 9.17) is 5.11 Å². The highest BCUT2D eigenvalue weighted by Gasteiger charge is 2.18. The Morgan fingerprint density at radius 3 is 1.81 bits per heavy atom. The third-order valence-corrected chi connectivity index (χ3v) is 4.66. The lowest BCUT2D eigenvalue weighted by atomic mass is 10.1. The monoisotopic (exact) mass is 421 g/mol. The summed E-state index contributed by atoms with van der Waals surface area (Å²) >= 11 is 0. The van der Waals surface area contributed by atoms with Gasteiger partial charge in [-0.2, -0.15) is 0 Å². The second-order valence-electron chi connectivity index (χ2n) is 6.78. The molecule has 0 unspecified atom stereocenters. The lowest BCUT2D eigenvalue weighted by Gasteiger charge is -2.14. The molecule has 0 fully saturated rings. The molecule has 0 saturated heterocycles. The Kier molecular flexibility index (Phi) is 5.87. The molecule has 9 heteroatoms. The number of carbonyl (C=O) groups excluding carboxylic acids is 2. The van der Waals surface area contributed by atoms with E-state index in [-0.39, 0.29) is 22.3 Å². The van der Waals surface area contributed by atoms with Crippen molar-refractivity contribution < 1.29 is 29.4 Å². The van der Waals surface area contributed by atoms with Gasteiger partial charge in [-0.25, -0.2) is 9.59 Å². The molecule has 31 heavy (non-hydrogen) atoms. The first-order chi connectivity index (χ1) is 14.7. The van der Waals surface area contributed by atoms with Crippen molar-refractivity contribution in [3.8, 4) is 5.69 Å². The van der Waals surface area contributed by atoms with E-state index >= 15 is 0 Å². The number of carboxylic acid groups (broad SMARTS) is 2. The molecule has 4 N–H and O–H groups in total. The summed E-state index contributed by atoms with van der Waals surface area (Å²) in [5, 5.41) is 18.5. The van der Waals surface area contributed by atoms with Crippen LogP contribution in [0.1, 0.15) is 52.8 Å². The first kappa shape index (κ1) is 21.3. The highest BCUT2D eigenvalue weighted by atomic mass is 16.4. The van der Waals surface area contributed by atoms with Crippen LogP contribution in [-0.4, -0.2) is 38.5 Å². The van der Waals surface area contributed by atoms with Crippen LogP contribution in [0.5, 0.6) is 0 Å². The molecule has 1 aromatic heterocycles. The zero-order valence-corrected chi connectivity index (χ0v) is 16.7. The van der Waals surface area contributed by atoms with Gasteiger partial charge in [-0.3, -0.25) is 20.4 Å². The van der Waals surface area contributed by atoms with Crippen molar-refractivity contribution in [1.82, 2.24) is 15.4 Å². The van der Waals surface area contributed by atoms with Gasteiger partial charge in [0.25, 0.3) is 11.8 Å². The number of aromatic nitrogens is 1. The van der Waals surface area contributed by atoms with Crippen molar-refractivity contribution in [3.63, 3.8) is 0 Å². The molecule has 3 rings (SSSR count). The van der Waals surface area contributed by atoms with Gasteiger partial charge in [-0.1, -0.05) is 6.07 Å². The normalized spacial score (nSPS) is 10.4. The maximum absolute atomic E-state index is 12.6. The molecule has 0 bridgehead atoms. The number of rotatable bonds is 5. The summed E-state index contributed by atoms with van der Waals surface area (Å²) in [6, 6.07) is 13.1. The Balaban J connectivity index is 1.83. The summed E-state index contributed by atoms with van der Waals surface area (Å²) in [6.07, 6.45) is 0. The number of aromatic carboxylic acids is 2. The molecule has 0 aliphatic rings. The van der Waals surface area contributed by atoms with Crippen LogP contribution < -0.4 is 10.9 Å². The molecule has 158 valence electrons. The standard InChI is InChI=1S/C22H19N3O6/c1-12-6-7-13(2)25(12)18-11-15(8-9-17(18)22(30)31)20(27)24-23-19(26)14-4-3-5-16(10-14)21(28)29/h3-11H,1-2H3,(H,23,26)(H,24,27)(H,28,29)(H,30,31). The number of carbonyl (C=O) groups is 4. The largest absolute Gasteiger partial charge is 0.478 e. The third-order valence-electron chi connectivity index (χ3n) is 4.66. The van der Waals surface area contributed by atoms with Gasteiger partial charge in [0.15, 0.2) is 0 Å². The quantitative estimate of drug-likeness (QED) is 0.467. The van der Waals surface area contributed by atoms with Gasteiger partial charge in [0.2, 0.25) is 0 Å². The topological polar surface area (TPSA) is 138 Å². The fourth-order valence-corrected chi connectivity index (χ4v) is 3.14. The van der Waals surface area contributed by atoms with Crippen LogP contribution >= 0.6 is 0 Å². The van der Waals surface area contributed by atoms with Crippen molar-refractivity contribution in [3.05, 3.63) is 88.2 Å². The molecule has 0 radical (unpaired) electrons. The predicted molar refractivity (Wildman–Crippen MR) is 111 cm³/mol.